The Kier molecular flexibility index (Phi) is 4.86. The van der Waals surface area contributed by atoms with Crippen molar-refractivity contribution in [2.24, 2.45) is 0 Å². The Morgan fingerprint density at radius 2 is 1.90 bits per heavy atom. The smallest absolute Gasteiger partial charge is 0.331 e. The summed E-state index contributed by atoms with van der Waals surface area (Å²) in [5.74, 6) is 2.99. The highest BCUT2D eigenvalue weighted by molar-refractivity contribution is 5.70. The zero-order valence-corrected chi connectivity index (χ0v) is 17.1. The quantitative estimate of drug-likeness (QED) is 0.713. The van der Waals surface area contributed by atoms with Gasteiger partial charge in [-0.1, -0.05) is 56.5 Å². The molecule has 1 atom stereocenters. The lowest BCUT2D eigenvalue weighted by molar-refractivity contribution is 0.431. The van der Waals surface area contributed by atoms with Crippen molar-refractivity contribution in [1.29, 1.82) is 0 Å². The fraction of sp³-hybridized carbons (Fsp3) is 0.522. The Bertz CT molecular complexity index is 1020. The minimum absolute atomic E-state index is 0.0347. The topological polar surface area (TPSA) is 64.7 Å². The molecule has 0 unspecified atom stereocenters. The summed E-state index contributed by atoms with van der Waals surface area (Å²) in [6.45, 7) is 3.46. The van der Waals surface area contributed by atoms with Gasteiger partial charge < -0.3 is 5.32 Å². The van der Waals surface area contributed by atoms with E-state index in [1.165, 1.54) is 24.8 Å². The normalized spacial score (nSPS) is 19.4. The molecule has 1 aromatic rings. The standard InChI is InChI=1S/C23H29N5O/c1-2-13-27-22-19(25-20(26-22)17-11-7-4-8-12-17)21-24-18(15-28(21)23(27)29)14-16-9-5-3-6-10-16/h3,5-6,9-10,17-18,24H,2,4,7-8,11-15H2,1H3/t18-/m1/s1. The van der Waals surface area contributed by atoms with Crippen LogP contribution in [0, 0.1) is 0 Å². The zero-order chi connectivity index (χ0) is 19.8. The van der Waals surface area contributed by atoms with E-state index in [0.29, 0.717) is 19.0 Å². The van der Waals surface area contributed by atoms with Crippen molar-refractivity contribution in [3.05, 3.63) is 52.2 Å². The van der Waals surface area contributed by atoms with Gasteiger partial charge >= 0.3 is 5.69 Å². The van der Waals surface area contributed by atoms with E-state index in [0.717, 1.165) is 48.8 Å². The number of aromatic nitrogens is 4. The Morgan fingerprint density at radius 1 is 1.10 bits per heavy atom. The summed E-state index contributed by atoms with van der Waals surface area (Å²) in [4.78, 5) is 23.1. The summed E-state index contributed by atoms with van der Waals surface area (Å²) >= 11 is 0. The van der Waals surface area contributed by atoms with Gasteiger partial charge in [0.2, 0.25) is 0 Å². The van der Waals surface area contributed by atoms with Gasteiger partial charge in [0.25, 0.3) is 0 Å². The average molecular weight is 392 g/mol. The molecule has 1 saturated carbocycles. The minimum Gasteiger partial charge on any atom is -0.365 e. The number of rotatable bonds is 5. The van der Waals surface area contributed by atoms with Gasteiger partial charge in [0, 0.05) is 25.0 Å². The fourth-order valence-electron chi connectivity index (χ4n) is 4.92. The first-order chi connectivity index (χ1) is 14.2. The highest BCUT2D eigenvalue weighted by atomic mass is 16.1. The maximum atomic E-state index is 13.3. The molecule has 6 nitrogen and oxygen atoms in total. The van der Waals surface area contributed by atoms with Gasteiger partial charge in [-0.2, -0.15) is 0 Å². The third kappa shape index (κ3) is 3.34. The lowest BCUT2D eigenvalue weighted by Gasteiger charge is -2.18. The van der Waals surface area contributed by atoms with Crippen LogP contribution in [-0.4, -0.2) is 25.1 Å². The predicted molar refractivity (Wildman–Crippen MR) is 115 cm³/mol. The summed E-state index contributed by atoms with van der Waals surface area (Å²) in [6, 6.07) is 10.6. The van der Waals surface area contributed by atoms with Crippen molar-refractivity contribution in [2.45, 2.75) is 76.9 Å². The molecule has 5 rings (SSSR count). The summed E-state index contributed by atoms with van der Waals surface area (Å²) in [5.41, 5.74) is 2.18. The molecule has 1 aliphatic carbocycles. The third-order valence-electron chi connectivity index (χ3n) is 6.36. The van der Waals surface area contributed by atoms with E-state index in [2.05, 4.69) is 36.5 Å². The Morgan fingerprint density at radius 3 is 2.66 bits per heavy atom. The van der Waals surface area contributed by atoms with Crippen LogP contribution in [-0.2, 0) is 19.5 Å². The largest absolute Gasteiger partial charge is 0.365 e. The summed E-state index contributed by atoms with van der Waals surface area (Å²) in [7, 11) is 0. The summed E-state index contributed by atoms with van der Waals surface area (Å²) in [5, 5.41) is 3.60. The Hall–Kier alpha value is -2.63. The van der Waals surface area contributed by atoms with E-state index in [4.69, 9.17) is 9.97 Å². The van der Waals surface area contributed by atoms with Crippen molar-refractivity contribution >= 4 is 5.82 Å². The van der Waals surface area contributed by atoms with E-state index in [9.17, 15) is 4.79 Å². The molecule has 0 aromatic heterocycles. The maximum Gasteiger partial charge on any atom is 0.331 e. The summed E-state index contributed by atoms with van der Waals surface area (Å²) in [6.07, 6.45) is 7.93. The average Bonchev–Trinajstić information content (AvgIpc) is 3.37. The molecule has 3 aliphatic heterocycles. The Balaban J connectivity index is 1.54. The number of nitrogens with one attached hydrogen (secondary N) is 1. The minimum atomic E-state index is 0.0347. The summed E-state index contributed by atoms with van der Waals surface area (Å²) < 4.78 is 3.72. The van der Waals surface area contributed by atoms with Gasteiger partial charge in [0.15, 0.2) is 5.82 Å². The number of anilines is 1. The third-order valence-corrected chi connectivity index (χ3v) is 6.36. The van der Waals surface area contributed by atoms with E-state index >= 15 is 0 Å². The number of benzene rings is 1. The van der Waals surface area contributed by atoms with E-state index < -0.39 is 0 Å². The monoisotopic (exact) mass is 391 g/mol. The molecular formula is C23H29N5O. The van der Waals surface area contributed by atoms with Crippen LogP contribution in [0.25, 0.3) is 11.5 Å². The first-order valence-electron chi connectivity index (χ1n) is 11.1. The van der Waals surface area contributed by atoms with Crippen LogP contribution in [0.3, 0.4) is 0 Å². The van der Waals surface area contributed by atoms with Gasteiger partial charge in [0.1, 0.15) is 17.3 Å². The van der Waals surface area contributed by atoms with Crippen molar-refractivity contribution < 1.29 is 0 Å². The van der Waals surface area contributed by atoms with Gasteiger partial charge in [-0.25, -0.2) is 14.8 Å². The molecule has 1 fully saturated rings. The number of imidazole rings is 1. The van der Waals surface area contributed by atoms with Crippen LogP contribution >= 0.6 is 0 Å². The molecule has 1 aromatic carbocycles. The lowest BCUT2D eigenvalue weighted by atomic mass is 9.89. The SMILES string of the molecule is CCCn1c2nc(C3CCCCC3)nc-2c2n(c1=O)C[C@@H](Cc1ccccc1)N2. The van der Waals surface area contributed by atoms with E-state index in [1.807, 2.05) is 15.2 Å². The molecule has 152 valence electrons. The second-order valence-electron chi connectivity index (χ2n) is 8.51. The van der Waals surface area contributed by atoms with Crippen molar-refractivity contribution in [3.8, 4) is 11.5 Å². The fourth-order valence-corrected chi connectivity index (χ4v) is 4.92. The first kappa shape index (κ1) is 18.4. The van der Waals surface area contributed by atoms with Gasteiger partial charge in [-0.15, -0.1) is 0 Å². The molecule has 6 heteroatoms. The highest BCUT2D eigenvalue weighted by Gasteiger charge is 2.33. The van der Waals surface area contributed by atoms with Crippen LogP contribution in [0.5, 0.6) is 0 Å². The number of hydrogen-bond acceptors (Lipinski definition) is 4. The van der Waals surface area contributed by atoms with Crippen molar-refractivity contribution in [1.82, 2.24) is 19.1 Å². The molecule has 1 N–H and O–H groups in total. The molecule has 0 radical (unpaired) electrons. The predicted octanol–water partition coefficient (Wildman–Crippen LogP) is 4.04. The Labute approximate surface area is 171 Å². The van der Waals surface area contributed by atoms with Gasteiger partial charge in [0.05, 0.1) is 0 Å². The van der Waals surface area contributed by atoms with Gasteiger partial charge in [-0.05, 0) is 31.2 Å². The van der Waals surface area contributed by atoms with Crippen LogP contribution in [0.15, 0.2) is 35.1 Å². The second kappa shape index (κ2) is 7.65. The number of fused-ring (bicyclic) bond motifs is 3. The zero-order valence-electron chi connectivity index (χ0n) is 17.1. The molecule has 29 heavy (non-hydrogen) atoms. The van der Waals surface area contributed by atoms with E-state index in [-0.39, 0.29) is 11.7 Å². The van der Waals surface area contributed by atoms with Crippen LogP contribution in [0.2, 0.25) is 0 Å². The second-order valence-corrected chi connectivity index (χ2v) is 8.51. The molecule has 0 bridgehead atoms. The molecule has 3 heterocycles. The number of nitrogens with zero attached hydrogens (tertiary/aromatic N) is 4. The molecule has 0 saturated heterocycles. The maximum absolute atomic E-state index is 13.3. The lowest BCUT2D eigenvalue weighted by Crippen LogP contribution is -2.32. The highest BCUT2D eigenvalue weighted by Crippen LogP contribution is 2.36. The van der Waals surface area contributed by atoms with Gasteiger partial charge in [-0.3, -0.25) is 9.13 Å². The molecule has 0 amide bonds. The van der Waals surface area contributed by atoms with Crippen molar-refractivity contribution in [2.75, 3.05) is 5.32 Å². The first-order valence-corrected chi connectivity index (χ1v) is 11.1. The molecular weight excluding hydrogens is 362 g/mol. The van der Waals surface area contributed by atoms with Crippen molar-refractivity contribution in [3.63, 3.8) is 0 Å². The van der Waals surface area contributed by atoms with Crippen LogP contribution < -0.4 is 11.0 Å². The van der Waals surface area contributed by atoms with Crippen LogP contribution in [0.4, 0.5) is 5.82 Å². The van der Waals surface area contributed by atoms with Crippen LogP contribution in [0.1, 0.15) is 62.8 Å². The van der Waals surface area contributed by atoms with E-state index in [1.54, 1.807) is 0 Å². The molecule has 4 aliphatic rings. The molecule has 0 spiro atoms. The number of hydrogen-bond donors (Lipinski definition) is 1.